The van der Waals surface area contributed by atoms with Crippen LogP contribution in [0.5, 0.6) is 5.88 Å². The fourth-order valence-electron chi connectivity index (χ4n) is 2.39. The third-order valence-electron chi connectivity index (χ3n) is 3.64. The lowest BCUT2D eigenvalue weighted by Crippen LogP contribution is -2.42. The maximum atomic E-state index is 5.13. The lowest BCUT2D eigenvalue weighted by atomic mass is 10.0. The van der Waals surface area contributed by atoms with Gasteiger partial charge in [-0.15, -0.1) is 0 Å². The monoisotopic (exact) mass is 249 g/mol. The van der Waals surface area contributed by atoms with Crippen LogP contribution in [-0.4, -0.2) is 42.7 Å². The number of nitrogens with one attached hydrogen (secondary N) is 1. The first-order valence-corrected chi connectivity index (χ1v) is 6.76. The highest BCUT2D eigenvalue weighted by molar-refractivity contribution is 5.20. The lowest BCUT2D eigenvalue weighted by Gasteiger charge is -2.31. The Bertz CT molecular complexity index is 362. The molecule has 1 aromatic rings. The Morgan fingerprint density at radius 2 is 2.22 bits per heavy atom. The van der Waals surface area contributed by atoms with Gasteiger partial charge in [0.15, 0.2) is 0 Å². The first-order valence-electron chi connectivity index (χ1n) is 6.76. The number of aromatic nitrogens is 1. The molecule has 100 valence electrons. The maximum absolute atomic E-state index is 5.13. The van der Waals surface area contributed by atoms with Crippen molar-refractivity contribution in [3.05, 3.63) is 23.9 Å². The molecule has 2 heterocycles. The van der Waals surface area contributed by atoms with Gasteiger partial charge in [-0.25, -0.2) is 4.98 Å². The van der Waals surface area contributed by atoms with Crippen LogP contribution in [0.4, 0.5) is 0 Å². The van der Waals surface area contributed by atoms with Gasteiger partial charge in [0.1, 0.15) is 0 Å². The molecule has 0 bridgehead atoms. The van der Waals surface area contributed by atoms with E-state index < -0.39 is 0 Å². The van der Waals surface area contributed by atoms with Gasteiger partial charge in [-0.2, -0.15) is 0 Å². The van der Waals surface area contributed by atoms with E-state index in [9.17, 15) is 0 Å². The average Bonchev–Trinajstić information content (AvgIpc) is 2.46. The van der Waals surface area contributed by atoms with Crippen LogP contribution in [0.25, 0.3) is 0 Å². The van der Waals surface area contributed by atoms with Crippen LogP contribution in [0.1, 0.15) is 25.3 Å². The number of likely N-dealkylation sites (tertiary alicyclic amines) is 1. The molecule has 1 saturated heterocycles. The molecule has 4 heteroatoms. The topological polar surface area (TPSA) is 37.4 Å². The molecule has 1 N–H and O–H groups in total. The van der Waals surface area contributed by atoms with Crippen LogP contribution in [0.15, 0.2) is 18.3 Å². The number of hydrogen-bond acceptors (Lipinski definition) is 4. The zero-order chi connectivity index (χ0) is 12.8. The summed E-state index contributed by atoms with van der Waals surface area (Å²) in [6, 6.07) is 4.68. The summed E-state index contributed by atoms with van der Waals surface area (Å²) in [5.74, 6) is 0.690. The van der Waals surface area contributed by atoms with Crippen molar-refractivity contribution >= 4 is 0 Å². The van der Waals surface area contributed by atoms with Gasteiger partial charge in [0.05, 0.1) is 7.11 Å². The summed E-state index contributed by atoms with van der Waals surface area (Å²) in [4.78, 5) is 6.62. The minimum atomic E-state index is 0.645. The number of pyridine rings is 1. The highest BCUT2D eigenvalue weighted by Crippen LogP contribution is 2.12. The number of ether oxygens (including phenoxy) is 1. The highest BCUT2D eigenvalue weighted by atomic mass is 16.5. The minimum Gasteiger partial charge on any atom is -0.481 e. The first kappa shape index (κ1) is 13.3. The molecule has 1 fully saturated rings. The van der Waals surface area contributed by atoms with Crippen molar-refractivity contribution in [3.8, 4) is 5.88 Å². The second-order valence-electron chi connectivity index (χ2n) is 4.80. The molecule has 0 saturated carbocycles. The molecule has 0 atom stereocenters. The van der Waals surface area contributed by atoms with Gasteiger partial charge < -0.3 is 15.0 Å². The molecule has 0 unspecified atom stereocenters. The van der Waals surface area contributed by atoms with Gasteiger partial charge in [0.2, 0.25) is 5.88 Å². The zero-order valence-electron chi connectivity index (χ0n) is 11.4. The van der Waals surface area contributed by atoms with Gasteiger partial charge in [0.25, 0.3) is 0 Å². The van der Waals surface area contributed by atoms with Gasteiger partial charge in [-0.05, 0) is 44.1 Å². The third kappa shape index (κ3) is 3.68. The Balaban J connectivity index is 1.77. The van der Waals surface area contributed by atoms with Gasteiger partial charge in [-0.1, -0.05) is 6.92 Å². The van der Waals surface area contributed by atoms with E-state index in [2.05, 4.69) is 22.1 Å². The van der Waals surface area contributed by atoms with Crippen molar-refractivity contribution in [2.75, 3.05) is 26.7 Å². The highest BCUT2D eigenvalue weighted by Gasteiger charge is 2.17. The van der Waals surface area contributed by atoms with E-state index in [0.717, 1.165) is 6.54 Å². The summed E-state index contributed by atoms with van der Waals surface area (Å²) in [6.07, 6.45) is 4.29. The van der Waals surface area contributed by atoms with Crippen molar-refractivity contribution in [3.63, 3.8) is 0 Å². The molecule has 2 rings (SSSR count). The van der Waals surface area contributed by atoms with E-state index in [1.54, 1.807) is 13.3 Å². The van der Waals surface area contributed by atoms with E-state index in [1.807, 2.05) is 12.1 Å². The molecule has 0 radical (unpaired) electrons. The van der Waals surface area contributed by atoms with E-state index in [-0.39, 0.29) is 0 Å². The fraction of sp³-hybridized carbons (Fsp3) is 0.643. The number of methoxy groups -OCH3 is 1. The van der Waals surface area contributed by atoms with E-state index in [4.69, 9.17) is 4.74 Å². The Kier molecular flexibility index (Phi) is 4.96. The summed E-state index contributed by atoms with van der Waals surface area (Å²) in [6.45, 7) is 6.74. The molecule has 1 aromatic heterocycles. The van der Waals surface area contributed by atoms with Crippen molar-refractivity contribution in [2.45, 2.75) is 32.4 Å². The van der Waals surface area contributed by atoms with E-state index in [1.165, 1.54) is 38.0 Å². The molecule has 0 amide bonds. The Labute approximate surface area is 109 Å². The SMILES string of the molecule is CCN1CCC(NCc2ccnc(OC)c2)CC1. The zero-order valence-corrected chi connectivity index (χ0v) is 11.4. The van der Waals surface area contributed by atoms with Crippen LogP contribution < -0.4 is 10.1 Å². The van der Waals surface area contributed by atoms with Crippen LogP contribution >= 0.6 is 0 Å². The second-order valence-corrected chi connectivity index (χ2v) is 4.80. The standard InChI is InChI=1S/C14H23N3O/c1-3-17-8-5-13(6-9-17)16-11-12-4-7-15-14(10-12)18-2/h4,7,10,13,16H,3,5-6,8-9,11H2,1-2H3. The Morgan fingerprint density at radius 3 is 2.89 bits per heavy atom. The molecule has 0 aliphatic carbocycles. The maximum Gasteiger partial charge on any atom is 0.213 e. The molecule has 0 spiro atoms. The Hall–Kier alpha value is -1.13. The molecule has 1 aliphatic heterocycles. The van der Waals surface area contributed by atoms with Crippen LogP contribution in [0.3, 0.4) is 0 Å². The first-order chi connectivity index (χ1) is 8.81. The predicted molar refractivity (Wildman–Crippen MR) is 72.8 cm³/mol. The smallest absolute Gasteiger partial charge is 0.213 e. The second kappa shape index (κ2) is 6.71. The predicted octanol–water partition coefficient (Wildman–Crippen LogP) is 1.66. The van der Waals surface area contributed by atoms with Gasteiger partial charge >= 0.3 is 0 Å². The largest absolute Gasteiger partial charge is 0.481 e. The minimum absolute atomic E-state index is 0.645. The van der Waals surface area contributed by atoms with E-state index in [0.29, 0.717) is 11.9 Å². The quantitative estimate of drug-likeness (QED) is 0.861. The summed E-state index contributed by atoms with van der Waals surface area (Å²) >= 11 is 0. The van der Waals surface area contributed by atoms with Crippen molar-refractivity contribution in [2.24, 2.45) is 0 Å². The van der Waals surface area contributed by atoms with Gasteiger partial charge in [-0.3, -0.25) is 0 Å². The average molecular weight is 249 g/mol. The van der Waals surface area contributed by atoms with Gasteiger partial charge in [0, 0.05) is 24.8 Å². The summed E-state index contributed by atoms with van der Waals surface area (Å²) < 4.78 is 5.13. The van der Waals surface area contributed by atoms with Crippen molar-refractivity contribution < 1.29 is 4.74 Å². The number of piperidine rings is 1. The number of hydrogen-bond donors (Lipinski definition) is 1. The van der Waals surface area contributed by atoms with Crippen LogP contribution in [0, 0.1) is 0 Å². The summed E-state index contributed by atoms with van der Waals surface area (Å²) in [5, 5.41) is 3.62. The molecule has 18 heavy (non-hydrogen) atoms. The lowest BCUT2D eigenvalue weighted by molar-refractivity contribution is 0.206. The third-order valence-corrected chi connectivity index (χ3v) is 3.64. The van der Waals surface area contributed by atoms with Crippen molar-refractivity contribution in [1.29, 1.82) is 0 Å². The normalized spacial score (nSPS) is 17.9. The molecule has 0 aromatic carbocycles. The van der Waals surface area contributed by atoms with Crippen LogP contribution in [-0.2, 0) is 6.54 Å². The number of rotatable bonds is 5. The molecular formula is C14H23N3O. The summed E-state index contributed by atoms with van der Waals surface area (Å²) in [7, 11) is 1.65. The molecular weight excluding hydrogens is 226 g/mol. The Morgan fingerprint density at radius 1 is 1.44 bits per heavy atom. The molecule has 1 aliphatic rings. The summed E-state index contributed by atoms with van der Waals surface area (Å²) in [5.41, 5.74) is 1.24. The van der Waals surface area contributed by atoms with Crippen LogP contribution in [0.2, 0.25) is 0 Å². The molecule has 4 nitrogen and oxygen atoms in total. The van der Waals surface area contributed by atoms with E-state index >= 15 is 0 Å². The van der Waals surface area contributed by atoms with Crippen molar-refractivity contribution in [1.82, 2.24) is 15.2 Å². The fourth-order valence-corrected chi connectivity index (χ4v) is 2.39. The number of nitrogens with zero attached hydrogens (tertiary/aromatic N) is 2.